The Kier molecular flexibility index (Phi) is 9.33. The first-order valence-corrected chi connectivity index (χ1v) is 26.2. The van der Waals surface area contributed by atoms with E-state index < -0.39 is 38.3 Å². The summed E-state index contributed by atoms with van der Waals surface area (Å²) in [4.78, 5) is 9.15. The average Bonchev–Trinajstić information content (AvgIpc) is 3.65. The Morgan fingerprint density at radius 3 is 2.19 bits per heavy atom. The van der Waals surface area contributed by atoms with E-state index in [0.717, 1.165) is 42.7 Å². The quantitative estimate of drug-likeness (QED) is 0.0947. The second-order valence-electron chi connectivity index (χ2n) is 16.2. The van der Waals surface area contributed by atoms with Gasteiger partial charge < -0.3 is 9.40 Å². The average molecular weight is 989 g/mol. The number of furan rings is 1. The molecular formula is C52H48GeIrN2O-2. The van der Waals surface area contributed by atoms with Crippen molar-refractivity contribution in [1.29, 1.82) is 0 Å². The van der Waals surface area contributed by atoms with Crippen molar-refractivity contribution in [2.75, 3.05) is 0 Å². The Bertz CT molecular complexity index is 3140. The Hall–Kier alpha value is -4.87. The number of aryl methyl sites for hydroxylation is 1. The van der Waals surface area contributed by atoms with Gasteiger partial charge in [0.25, 0.3) is 0 Å². The zero-order valence-electron chi connectivity index (χ0n) is 39.9. The first kappa shape index (κ1) is 32.1. The maximum atomic E-state index is 8.89. The summed E-state index contributed by atoms with van der Waals surface area (Å²) in [5.74, 6) is 6.66. The molecular weight excluding hydrogens is 933 g/mol. The van der Waals surface area contributed by atoms with Gasteiger partial charge in [-0.25, -0.2) is 0 Å². The second kappa shape index (κ2) is 16.5. The number of aromatic nitrogens is 2. The van der Waals surface area contributed by atoms with Crippen molar-refractivity contribution < 1.29 is 34.1 Å². The van der Waals surface area contributed by atoms with Crippen LogP contribution in [0.15, 0.2) is 144 Å². The van der Waals surface area contributed by atoms with E-state index in [4.69, 9.17) is 14.0 Å². The van der Waals surface area contributed by atoms with E-state index in [1.165, 1.54) is 16.8 Å². The summed E-state index contributed by atoms with van der Waals surface area (Å²) in [6, 6.07) is 46.4. The molecule has 9 aromatic rings. The predicted octanol–water partition coefficient (Wildman–Crippen LogP) is 13.3. The van der Waals surface area contributed by atoms with Gasteiger partial charge in [-0.3, -0.25) is 0 Å². The molecule has 0 saturated heterocycles. The molecule has 3 aromatic heterocycles. The maximum Gasteiger partial charge on any atom is 0.128 e. The molecule has 5 heteroatoms. The molecule has 0 amide bonds. The minimum atomic E-state index is -2.42. The fourth-order valence-electron chi connectivity index (χ4n) is 7.12. The van der Waals surface area contributed by atoms with Gasteiger partial charge in [-0.2, -0.15) is 0 Å². The third-order valence-electron chi connectivity index (χ3n) is 9.71. The molecule has 0 bridgehead atoms. The SMILES string of the molecule is [2H]C([2H])([2H])c1c[c-]c(-c2cc(C([2H])([2H])c3ccccc3)[c]([Ge]([CH3])([CH3])[CH3])cn2)cc1.[2H]C([2H])(c1ccnc(-c2[c-]ccc3c2oc2c3ccc3c4ccccc4ccc32)c1)C(C)(C)C.[Ir]. The molecule has 287 valence electrons. The predicted molar refractivity (Wildman–Crippen MR) is 239 cm³/mol. The van der Waals surface area contributed by atoms with E-state index in [2.05, 4.69) is 87.9 Å². The van der Waals surface area contributed by atoms with E-state index in [-0.39, 0.29) is 25.7 Å². The Balaban J connectivity index is 0.000000191. The molecule has 9 rings (SSSR count). The minimum absolute atomic E-state index is 0. The van der Waals surface area contributed by atoms with Gasteiger partial charge in [0.15, 0.2) is 0 Å². The van der Waals surface area contributed by atoms with Crippen LogP contribution in [-0.2, 0) is 32.9 Å². The molecule has 0 N–H and O–H groups in total. The van der Waals surface area contributed by atoms with Crippen LogP contribution in [0, 0.1) is 24.4 Å². The summed E-state index contributed by atoms with van der Waals surface area (Å²) in [6.45, 7) is 3.55. The monoisotopic (exact) mass is 990 g/mol. The first-order valence-electron chi connectivity index (χ1n) is 22.4. The molecule has 0 unspecified atom stereocenters. The topological polar surface area (TPSA) is 38.9 Å². The van der Waals surface area contributed by atoms with Gasteiger partial charge in [0.2, 0.25) is 0 Å². The summed E-state index contributed by atoms with van der Waals surface area (Å²) >= 11 is -2.42. The molecule has 0 atom stereocenters. The molecule has 1 radical (unpaired) electrons. The molecule has 0 aliphatic carbocycles. The minimum Gasteiger partial charge on any atom is -0.500 e. The van der Waals surface area contributed by atoms with Crippen molar-refractivity contribution in [3.05, 3.63) is 174 Å². The molecule has 0 saturated carbocycles. The van der Waals surface area contributed by atoms with Crippen LogP contribution in [0.5, 0.6) is 0 Å². The van der Waals surface area contributed by atoms with Crippen LogP contribution in [0.2, 0.25) is 17.3 Å². The van der Waals surface area contributed by atoms with Crippen LogP contribution >= 0.6 is 0 Å². The van der Waals surface area contributed by atoms with Crippen molar-refractivity contribution in [2.24, 2.45) is 5.41 Å². The molecule has 0 fully saturated rings. The number of rotatable bonds is 6. The third kappa shape index (κ3) is 8.84. The van der Waals surface area contributed by atoms with Crippen LogP contribution in [0.4, 0.5) is 0 Å². The fourth-order valence-corrected chi connectivity index (χ4v) is 10.0. The van der Waals surface area contributed by atoms with Crippen LogP contribution in [0.1, 0.15) is 52.6 Å². The van der Waals surface area contributed by atoms with Crippen LogP contribution in [-0.4, -0.2) is 23.2 Å². The maximum absolute atomic E-state index is 8.89. The third-order valence-corrected chi connectivity index (χ3v) is 13.9. The van der Waals surface area contributed by atoms with Crippen LogP contribution < -0.4 is 4.40 Å². The second-order valence-corrected chi connectivity index (χ2v) is 26.7. The van der Waals surface area contributed by atoms with Gasteiger partial charge in [0, 0.05) is 39.8 Å². The fraction of sp³-hybridized carbons (Fsp3) is 0.192. The Labute approximate surface area is 363 Å². The Morgan fingerprint density at radius 2 is 1.44 bits per heavy atom. The number of pyridine rings is 2. The number of hydrogen-bond acceptors (Lipinski definition) is 3. The molecule has 3 heterocycles. The van der Waals surface area contributed by atoms with Gasteiger partial charge in [-0.15, -0.1) is 18.2 Å². The van der Waals surface area contributed by atoms with E-state index in [1.54, 1.807) is 48.8 Å². The standard InChI is InChI=1S/C30H24NO.C22H24GeN.Ir/c1-30(2,3)18-19-15-16-31-27(17-19)26-10-6-9-23-25-14-13-22-21-8-5-4-7-20(21)11-12-24(22)28(25)32-29(23)26;1-17-10-12-19(13-11-17)22-15-20(14-18-8-6-5-7-9-18)21(16-24-22)23(2,3)4;/h4-9,11-17H,18H2,1-3H3;5-12,15-16H,14H2,1-4H3;/q2*-1;/i18D2;1D3,14D2;. The summed E-state index contributed by atoms with van der Waals surface area (Å²) in [5, 5.41) is 6.69. The van der Waals surface area contributed by atoms with Crippen molar-refractivity contribution >= 4 is 61.1 Å². The van der Waals surface area contributed by atoms with Crippen molar-refractivity contribution in [1.82, 2.24) is 9.97 Å². The molecule has 0 aliphatic heterocycles. The molecule has 3 nitrogen and oxygen atoms in total. The normalized spacial score (nSPS) is 14.3. The zero-order chi connectivity index (χ0) is 45.1. The van der Waals surface area contributed by atoms with Crippen LogP contribution in [0.3, 0.4) is 0 Å². The van der Waals surface area contributed by atoms with Crippen molar-refractivity contribution in [3.63, 3.8) is 0 Å². The molecule has 6 aromatic carbocycles. The number of benzene rings is 6. The van der Waals surface area contributed by atoms with E-state index >= 15 is 0 Å². The van der Waals surface area contributed by atoms with Crippen molar-refractivity contribution in [3.8, 4) is 22.5 Å². The van der Waals surface area contributed by atoms with Gasteiger partial charge in [-0.05, 0) is 39.7 Å². The van der Waals surface area contributed by atoms with Gasteiger partial charge in [0.05, 0.1) is 5.58 Å². The largest absolute Gasteiger partial charge is 0.500 e. The summed E-state index contributed by atoms with van der Waals surface area (Å²) in [7, 11) is 0. The van der Waals surface area contributed by atoms with Crippen molar-refractivity contribution in [2.45, 2.75) is 57.6 Å². The van der Waals surface area contributed by atoms with Gasteiger partial charge >= 0.3 is 155 Å². The summed E-state index contributed by atoms with van der Waals surface area (Å²) < 4.78 is 65.2. The van der Waals surface area contributed by atoms with E-state index in [9.17, 15) is 0 Å². The van der Waals surface area contributed by atoms with Gasteiger partial charge in [-0.1, -0.05) is 91.9 Å². The smallest absolute Gasteiger partial charge is 0.128 e. The van der Waals surface area contributed by atoms with Crippen LogP contribution in [0.25, 0.3) is 66.0 Å². The molecule has 0 aliphatic rings. The Morgan fingerprint density at radius 1 is 0.702 bits per heavy atom. The van der Waals surface area contributed by atoms with E-state index in [1.807, 2.05) is 57.2 Å². The summed E-state index contributed by atoms with van der Waals surface area (Å²) in [6.07, 6.45) is 0.303. The van der Waals surface area contributed by atoms with Gasteiger partial charge in [0.1, 0.15) is 5.58 Å². The molecule has 57 heavy (non-hydrogen) atoms. The van der Waals surface area contributed by atoms with E-state index in [0.29, 0.717) is 33.6 Å². The molecule has 0 spiro atoms. The number of nitrogens with zero attached hydrogens (tertiary/aromatic N) is 2. The first-order chi connectivity index (χ1) is 29.7. The zero-order valence-corrected chi connectivity index (χ0v) is 37.4. The summed E-state index contributed by atoms with van der Waals surface area (Å²) in [5.41, 5.74) is 5.72. The number of hydrogen-bond donors (Lipinski definition) is 0. The number of fused-ring (bicyclic) bond motifs is 7.